The Morgan fingerprint density at radius 2 is 0.796 bits per heavy atom. The van der Waals surface area contributed by atoms with Gasteiger partial charge in [-0.2, -0.15) is 25.5 Å². The van der Waals surface area contributed by atoms with E-state index in [4.69, 9.17) is 8.94 Å². The van der Waals surface area contributed by atoms with Gasteiger partial charge in [0, 0.05) is 33.8 Å². The summed E-state index contributed by atoms with van der Waals surface area (Å²) >= 11 is 1.30. The Labute approximate surface area is 586 Å². The van der Waals surface area contributed by atoms with Crippen LogP contribution in [-0.2, 0) is 26.2 Å². The van der Waals surface area contributed by atoms with Crippen molar-refractivity contribution in [1.82, 2.24) is 59.5 Å². The van der Waals surface area contributed by atoms with Crippen LogP contribution in [0.3, 0.4) is 0 Å². The molecule has 0 aliphatic carbocycles. The fourth-order valence-electron chi connectivity index (χ4n) is 11.0. The van der Waals surface area contributed by atoms with Gasteiger partial charge in [-0.15, -0.1) is 16.4 Å². The topological polar surface area (TPSA) is 266 Å². The Morgan fingerprint density at radius 3 is 1.14 bits per heavy atom. The van der Waals surface area contributed by atoms with Gasteiger partial charge >= 0.3 is 0 Å². The molecule has 0 radical (unpaired) electrons. The molecule has 0 aliphatic rings. The number of furan rings is 1. The average molecular weight is 1400 g/mol. The van der Waals surface area contributed by atoms with Crippen molar-refractivity contribution < 1.29 is 45.7 Å². The summed E-state index contributed by atoms with van der Waals surface area (Å²) in [6.45, 7) is 5.41. The van der Waals surface area contributed by atoms with Crippen molar-refractivity contribution in [2.45, 2.75) is 40.0 Å². The van der Waals surface area contributed by atoms with Crippen LogP contribution < -0.4 is 21.3 Å². The van der Waals surface area contributed by atoms with Gasteiger partial charge in [0.05, 0.1) is 77.5 Å². The second-order valence-corrected chi connectivity index (χ2v) is 23.9. The van der Waals surface area contributed by atoms with Gasteiger partial charge in [0.15, 0.2) is 29.0 Å². The number of para-hydroxylation sites is 4. The number of fused-ring (bicyclic) bond motifs is 4. The number of hydrogen-bond donors (Lipinski definition) is 4. The van der Waals surface area contributed by atoms with E-state index >= 15 is 0 Å². The monoisotopic (exact) mass is 1400 g/mol. The Bertz CT molecular complexity index is 5470. The third-order valence-corrected chi connectivity index (χ3v) is 17.0. The van der Waals surface area contributed by atoms with Crippen LogP contribution in [0.5, 0.6) is 0 Å². The lowest BCUT2D eigenvalue weighted by Gasteiger charge is -2.03. The highest BCUT2D eigenvalue weighted by Crippen LogP contribution is 2.30. The van der Waals surface area contributed by atoms with Crippen molar-refractivity contribution >= 4 is 102 Å². The summed E-state index contributed by atoms with van der Waals surface area (Å²) in [4.78, 5) is 54.2. The van der Waals surface area contributed by atoms with Gasteiger partial charge in [-0.1, -0.05) is 102 Å². The van der Waals surface area contributed by atoms with Crippen molar-refractivity contribution in [3.8, 4) is 0 Å². The van der Waals surface area contributed by atoms with E-state index in [0.717, 1.165) is 65.9 Å². The van der Waals surface area contributed by atoms with Crippen LogP contribution in [0.4, 0.5) is 40.8 Å². The fraction of sp³-hybridized carbons (Fsp3) is 0.0789. The van der Waals surface area contributed by atoms with Gasteiger partial charge in [-0.05, 0) is 151 Å². The number of nitrogens with one attached hydrogen (secondary N) is 4. The number of aromatic nitrogens is 12. The molecule has 0 saturated heterocycles. The highest BCUT2D eigenvalue weighted by atomic mass is 32.1. The number of benzene rings is 8. The van der Waals surface area contributed by atoms with E-state index in [-0.39, 0.29) is 52.4 Å². The SMILES string of the molecule is Cc1ncsc1C(=O)Nc1nn(Cc2ccc(F)cc2)c2ccccc12.Cc1occc1C(=O)Nc1nn(Cc2ccc(F)cc2)c2ccccc12.O=C(Nc1nn(Cc2ccc(F)cc2)c2ccccc12)c1cccnn1.O=C(Nc1nn(Cc2ccc(F)cc2)c2ccccc12)c1ccno1. The zero-order chi connectivity index (χ0) is 71.3. The molecule has 27 heteroatoms. The van der Waals surface area contributed by atoms with E-state index < -0.39 is 5.91 Å². The van der Waals surface area contributed by atoms with Crippen LogP contribution in [0.1, 0.15) is 74.8 Å². The molecule has 22 nitrogen and oxygen atoms in total. The molecule has 0 aliphatic heterocycles. The van der Waals surface area contributed by atoms with E-state index in [1.54, 1.807) is 105 Å². The number of halogens is 4. The van der Waals surface area contributed by atoms with Crippen molar-refractivity contribution in [3.63, 3.8) is 0 Å². The lowest BCUT2D eigenvalue weighted by atomic mass is 10.2. The normalized spacial score (nSPS) is 10.9. The predicted molar refractivity (Wildman–Crippen MR) is 382 cm³/mol. The Kier molecular flexibility index (Phi) is 20.5. The van der Waals surface area contributed by atoms with E-state index in [9.17, 15) is 36.7 Å². The first-order valence-corrected chi connectivity index (χ1v) is 32.7. The molecule has 4 amide bonds. The van der Waals surface area contributed by atoms with E-state index in [2.05, 4.69) is 62.0 Å². The maximum atomic E-state index is 13.1. The van der Waals surface area contributed by atoms with Crippen LogP contribution in [0.15, 0.2) is 251 Å². The molecule has 16 rings (SSSR count). The third-order valence-electron chi connectivity index (χ3n) is 16.1. The molecule has 0 atom stereocenters. The van der Waals surface area contributed by atoms with Crippen LogP contribution in [0, 0.1) is 37.1 Å². The molecule has 8 heterocycles. The minimum Gasteiger partial charge on any atom is -0.469 e. The molecule has 512 valence electrons. The van der Waals surface area contributed by atoms with Crippen molar-refractivity contribution in [2.75, 3.05) is 21.3 Å². The smallest absolute Gasteiger partial charge is 0.295 e. The molecule has 0 unspecified atom stereocenters. The average Bonchev–Trinajstić information content (AvgIpc) is 1.67. The van der Waals surface area contributed by atoms with Crippen LogP contribution in [0.25, 0.3) is 43.6 Å². The summed E-state index contributed by atoms with van der Waals surface area (Å²) in [7, 11) is 0. The summed E-state index contributed by atoms with van der Waals surface area (Å²) in [6, 6.07) is 61.9. The molecule has 0 saturated carbocycles. The van der Waals surface area contributed by atoms with E-state index in [1.807, 2.05) is 97.1 Å². The summed E-state index contributed by atoms with van der Waals surface area (Å²) in [5.41, 5.74) is 10.2. The maximum absolute atomic E-state index is 13.1. The first-order chi connectivity index (χ1) is 50.1. The highest BCUT2D eigenvalue weighted by Gasteiger charge is 2.22. The van der Waals surface area contributed by atoms with Gasteiger partial charge in [0.1, 0.15) is 33.9 Å². The molecular formula is C76H58F4N16O6S. The molecule has 8 aromatic carbocycles. The lowest BCUT2D eigenvalue weighted by Crippen LogP contribution is -2.15. The molecule has 0 spiro atoms. The Balaban J connectivity index is 0.000000122. The first kappa shape index (κ1) is 68.0. The summed E-state index contributed by atoms with van der Waals surface area (Å²) in [6.07, 6.45) is 4.39. The molecule has 16 aromatic rings. The van der Waals surface area contributed by atoms with Crippen molar-refractivity contribution in [2.24, 2.45) is 0 Å². The number of thiazole rings is 1. The van der Waals surface area contributed by atoms with Gasteiger partial charge in [0.2, 0.25) is 5.76 Å². The van der Waals surface area contributed by atoms with Gasteiger partial charge < -0.3 is 30.2 Å². The summed E-state index contributed by atoms with van der Waals surface area (Å²) in [5, 5.41) is 43.7. The quantitative estimate of drug-likeness (QED) is 0.0656. The zero-order valence-corrected chi connectivity index (χ0v) is 55.5. The van der Waals surface area contributed by atoms with Gasteiger partial charge in [-0.25, -0.2) is 22.5 Å². The van der Waals surface area contributed by atoms with Crippen LogP contribution in [-0.4, -0.2) is 83.1 Å². The number of aryl methyl sites for hydroxylation is 2. The molecule has 0 bridgehead atoms. The third kappa shape index (κ3) is 16.3. The van der Waals surface area contributed by atoms with Crippen LogP contribution in [0.2, 0.25) is 0 Å². The minimum absolute atomic E-state index is 0.108. The second-order valence-electron chi connectivity index (χ2n) is 23.1. The fourth-order valence-corrected chi connectivity index (χ4v) is 11.7. The number of carbonyl (C=O) groups excluding carboxylic acids is 4. The van der Waals surface area contributed by atoms with Gasteiger partial charge in [0.25, 0.3) is 23.6 Å². The van der Waals surface area contributed by atoms with E-state index in [1.165, 1.54) is 84.6 Å². The molecular weight excluding hydrogens is 1340 g/mol. The lowest BCUT2D eigenvalue weighted by molar-refractivity contribution is 0.0984. The number of carbonyl (C=O) groups is 4. The standard InChI is InChI=1S/C20H16FN3O2.C19H14FN5O.C19H15FN4OS.C18H13FN4O2/c1-13-16(10-11-26-13)20(25)22-19-17-4-2-3-5-18(17)24(23-19)12-14-6-8-15(21)9-7-14;20-14-9-7-13(8-10-14)12-25-17-6-2-1-4-15(17)18(24-25)22-19(26)16-5-3-11-21-23-16;1-12-17(26-11-21-12)19(25)22-18-15-4-2-3-5-16(15)24(23-18)10-13-6-8-14(20)9-7-13;19-13-7-5-12(6-8-13)11-23-15-4-2-1-3-14(15)17(22-23)21-18(24)16-9-10-20-25-16/h2-11H,12H2,1H3,(H,22,23,25);1-11H,12H2,(H,22,24,26);2-9,11H,10H2,1H3,(H,22,23,25);1-10H,11H2,(H,21,22,24). The maximum Gasteiger partial charge on any atom is 0.295 e. The van der Waals surface area contributed by atoms with Crippen LogP contribution >= 0.6 is 11.3 Å². The number of nitrogens with zero attached hydrogens (tertiary/aromatic N) is 12. The zero-order valence-electron chi connectivity index (χ0n) is 54.7. The first-order valence-electron chi connectivity index (χ1n) is 31.8. The molecule has 8 aromatic heterocycles. The Hall–Kier alpha value is -13.6. The summed E-state index contributed by atoms with van der Waals surface area (Å²) in [5.74, 6) is 0.112. The van der Waals surface area contributed by atoms with Crippen molar-refractivity contribution in [1.29, 1.82) is 0 Å². The molecule has 103 heavy (non-hydrogen) atoms. The summed E-state index contributed by atoms with van der Waals surface area (Å²) < 4.78 is 69.6. The number of hydrogen-bond acceptors (Lipinski definition) is 15. The minimum atomic E-state index is -0.422. The second kappa shape index (κ2) is 31.1. The highest BCUT2D eigenvalue weighted by molar-refractivity contribution is 7.12. The van der Waals surface area contributed by atoms with Gasteiger partial charge in [-0.3, -0.25) is 37.9 Å². The predicted octanol–water partition coefficient (Wildman–Crippen LogP) is 15.3. The van der Waals surface area contributed by atoms with Crippen molar-refractivity contribution in [3.05, 3.63) is 321 Å². The number of anilines is 4. The molecule has 4 N–H and O–H groups in total. The van der Waals surface area contributed by atoms with E-state index in [0.29, 0.717) is 71.3 Å². The molecule has 0 fully saturated rings. The number of rotatable bonds is 16. The Morgan fingerprint density at radius 1 is 0.417 bits per heavy atom. The largest absolute Gasteiger partial charge is 0.469 e. The number of amides is 4.